The molecule has 1 amide bonds. The van der Waals surface area contributed by atoms with Crippen LogP contribution in [0, 0.1) is 0 Å². The standard InChI is InChI=1S/C12H23NO4/c1-6-7-8-13(9-10(14)16-5)11(15)17-12(2,3)4/h6-9H2,1-5H3. The van der Waals surface area contributed by atoms with E-state index in [0.717, 1.165) is 12.8 Å². The molecular formula is C12H23NO4. The van der Waals surface area contributed by atoms with Crippen LogP contribution in [-0.4, -0.2) is 42.8 Å². The highest BCUT2D eigenvalue weighted by Crippen LogP contribution is 2.10. The number of esters is 1. The molecule has 0 rings (SSSR count). The third-order valence-corrected chi connectivity index (χ3v) is 1.98. The van der Waals surface area contributed by atoms with Crippen molar-refractivity contribution in [1.29, 1.82) is 0 Å². The van der Waals surface area contributed by atoms with E-state index < -0.39 is 17.7 Å². The van der Waals surface area contributed by atoms with E-state index in [1.165, 1.54) is 12.0 Å². The summed E-state index contributed by atoms with van der Waals surface area (Å²) in [6.07, 6.45) is 1.30. The first-order chi connectivity index (χ1) is 7.80. The molecule has 0 heterocycles. The minimum Gasteiger partial charge on any atom is -0.468 e. The molecule has 0 unspecified atom stereocenters. The first-order valence-corrected chi connectivity index (χ1v) is 5.85. The van der Waals surface area contributed by atoms with Gasteiger partial charge >= 0.3 is 12.1 Å². The van der Waals surface area contributed by atoms with E-state index in [9.17, 15) is 9.59 Å². The second-order valence-corrected chi connectivity index (χ2v) is 4.83. The molecular weight excluding hydrogens is 222 g/mol. The molecule has 0 saturated heterocycles. The predicted octanol–water partition coefficient (Wildman–Crippen LogP) is 2.20. The topological polar surface area (TPSA) is 55.8 Å². The van der Waals surface area contributed by atoms with Crippen LogP contribution in [-0.2, 0) is 14.3 Å². The summed E-state index contributed by atoms with van der Waals surface area (Å²) in [5.41, 5.74) is -0.558. The average Bonchev–Trinajstić information content (AvgIpc) is 2.21. The molecule has 0 aromatic carbocycles. The third-order valence-electron chi connectivity index (χ3n) is 1.98. The zero-order chi connectivity index (χ0) is 13.5. The van der Waals surface area contributed by atoms with E-state index in [-0.39, 0.29) is 6.54 Å². The number of hydrogen-bond donors (Lipinski definition) is 0. The Morgan fingerprint density at radius 3 is 2.24 bits per heavy atom. The fourth-order valence-electron chi connectivity index (χ4n) is 1.13. The molecule has 5 heteroatoms. The van der Waals surface area contributed by atoms with Gasteiger partial charge in [0.05, 0.1) is 7.11 Å². The lowest BCUT2D eigenvalue weighted by Gasteiger charge is -2.26. The van der Waals surface area contributed by atoms with E-state index >= 15 is 0 Å². The van der Waals surface area contributed by atoms with Crippen LogP contribution >= 0.6 is 0 Å². The van der Waals surface area contributed by atoms with Crippen LogP contribution in [0.25, 0.3) is 0 Å². The smallest absolute Gasteiger partial charge is 0.410 e. The van der Waals surface area contributed by atoms with E-state index in [1.807, 2.05) is 6.92 Å². The van der Waals surface area contributed by atoms with Crippen LogP contribution in [0.2, 0.25) is 0 Å². The Hall–Kier alpha value is -1.26. The Morgan fingerprint density at radius 1 is 1.24 bits per heavy atom. The van der Waals surface area contributed by atoms with Crippen LogP contribution < -0.4 is 0 Å². The molecule has 0 saturated carbocycles. The molecule has 0 aromatic rings. The molecule has 0 aliphatic carbocycles. The van der Waals surface area contributed by atoms with E-state index in [0.29, 0.717) is 6.54 Å². The lowest BCUT2D eigenvalue weighted by molar-refractivity contribution is -0.141. The summed E-state index contributed by atoms with van der Waals surface area (Å²) in [4.78, 5) is 24.4. The fraction of sp³-hybridized carbons (Fsp3) is 0.833. The monoisotopic (exact) mass is 245 g/mol. The normalized spacial score (nSPS) is 10.9. The number of nitrogens with zero attached hydrogens (tertiary/aromatic N) is 1. The van der Waals surface area contributed by atoms with Gasteiger partial charge in [-0.05, 0) is 27.2 Å². The van der Waals surface area contributed by atoms with Crippen LogP contribution in [0.5, 0.6) is 0 Å². The van der Waals surface area contributed by atoms with Crippen LogP contribution in [0.3, 0.4) is 0 Å². The maximum atomic E-state index is 11.8. The summed E-state index contributed by atoms with van der Waals surface area (Å²) in [6.45, 7) is 7.83. The van der Waals surface area contributed by atoms with Crippen molar-refractivity contribution in [3.05, 3.63) is 0 Å². The number of hydrogen-bond acceptors (Lipinski definition) is 4. The largest absolute Gasteiger partial charge is 0.468 e. The highest BCUT2D eigenvalue weighted by Gasteiger charge is 2.23. The van der Waals surface area contributed by atoms with Crippen molar-refractivity contribution in [1.82, 2.24) is 4.90 Å². The summed E-state index contributed by atoms with van der Waals surface area (Å²) >= 11 is 0. The molecule has 17 heavy (non-hydrogen) atoms. The molecule has 0 aliphatic heterocycles. The number of carbonyl (C=O) groups excluding carboxylic acids is 2. The molecule has 0 fully saturated rings. The molecule has 0 bridgehead atoms. The Balaban J connectivity index is 4.44. The van der Waals surface area contributed by atoms with Gasteiger partial charge in [0, 0.05) is 6.54 Å². The maximum absolute atomic E-state index is 11.8. The van der Waals surface area contributed by atoms with Gasteiger partial charge in [0.25, 0.3) is 0 Å². The number of methoxy groups -OCH3 is 1. The van der Waals surface area contributed by atoms with Gasteiger partial charge in [-0.15, -0.1) is 0 Å². The van der Waals surface area contributed by atoms with Gasteiger partial charge in [-0.3, -0.25) is 9.69 Å². The van der Waals surface area contributed by atoms with Crippen molar-refractivity contribution in [3.63, 3.8) is 0 Å². The molecule has 0 radical (unpaired) electrons. The zero-order valence-electron chi connectivity index (χ0n) is 11.4. The predicted molar refractivity (Wildman–Crippen MR) is 64.7 cm³/mol. The fourth-order valence-corrected chi connectivity index (χ4v) is 1.13. The van der Waals surface area contributed by atoms with Crippen molar-refractivity contribution >= 4 is 12.1 Å². The minimum absolute atomic E-state index is 0.0641. The molecule has 100 valence electrons. The number of carbonyl (C=O) groups is 2. The first kappa shape index (κ1) is 15.7. The highest BCUT2D eigenvalue weighted by atomic mass is 16.6. The number of amides is 1. The van der Waals surface area contributed by atoms with Gasteiger partial charge < -0.3 is 9.47 Å². The van der Waals surface area contributed by atoms with Gasteiger partial charge in [-0.1, -0.05) is 13.3 Å². The second kappa shape index (κ2) is 7.14. The Labute approximate surface area is 103 Å². The Bertz CT molecular complexity index is 258. The summed E-state index contributed by atoms with van der Waals surface area (Å²) in [5.74, 6) is -0.438. The molecule has 0 aromatic heterocycles. The second-order valence-electron chi connectivity index (χ2n) is 4.83. The van der Waals surface area contributed by atoms with E-state index in [1.54, 1.807) is 20.8 Å². The molecule has 0 aliphatic rings. The van der Waals surface area contributed by atoms with Crippen LogP contribution in [0.1, 0.15) is 40.5 Å². The van der Waals surface area contributed by atoms with Gasteiger partial charge in [0.1, 0.15) is 12.1 Å². The molecule has 5 nitrogen and oxygen atoms in total. The summed E-state index contributed by atoms with van der Waals surface area (Å²) in [5, 5.41) is 0. The van der Waals surface area contributed by atoms with Crippen LogP contribution in [0.15, 0.2) is 0 Å². The zero-order valence-corrected chi connectivity index (χ0v) is 11.4. The van der Waals surface area contributed by atoms with Gasteiger partial charge in [-0.25, -0.2) is 4.79 Å². The maximum Gasteiger partial charge on any atom is 0.410 e. The quantitative estimate of drug-likeness (QED) is 0.697. The van der Waals surface area contributed by atoms with Crippen molar-refractivity contribution < 1.29 is 19.1 Å². The molecule has 0 atom stereocenters. The SMILES string of the molecule is CCCCN(CC(=O)OC)C(=O)OC(C)(C)C. The number of unbranched alkanes of at least 4 members (excludes halogenated alkanes) is 1. The van der Waals surface area contributed by atoms with Gasteiger partial charge in [-0.2, -0.15) is 0 Å². The third kappa shape index (κ3) is 7.60. The number of rotatable bonds is 5. The molecule has 0 spiro atoms. The summed E-state index contributed by atoms with van der Waals surface area (Å²) in [7, 11) is 1.30. The van der Waals surface area contributed by atoms with Crippen molar-refractivity contribution in [3.8, 4) is 0 Å². The Kier molecular flexibility index (Phi) is 6.61. The molecule has 0 N–H and O–H groups in total. The van der Waals surface area contributed by atoms with E-state index in [2.05, 4.69) is 4.74 Å². The Morgan fingerprint density at radius 2 is 1.82 bits per heavy atom. The van der Waals surface area contributed by atoms with Crippen molar-refractivity contribution in [2.24, 2.45) is 0 Å². The summed E-state index contributed by atoms with van der Waals surface area (Å²) in [6, 6.07) is 0. The summed E-state index contributed by atoms with van der Waals surface area (Å²) < 4.78 is 9.77. The van der Waals surface area contributed by atoms with E-state index in [4.69, 9.17) is 4.74 Å². The highest BCUT2D eigenvalue weighted by molar-refractivity contribution is 5.78. The van der Waals surface area contributed by atoms with Gasteiger partial charge in [0.15, 0.2) is 0 Å². The average molecular weight is 245 g/mol. The van der Waals surface area contributed by atoms with Crippen molar-refractivity contribution in [2.75, 3.05) is 20.2 Å². The number of ether oxygens (including phenoxy) is 2. The first-order valence-electron chi connectivity index (χ1n) is 5.85. The van der Waals surface area contributed by atoms with Crippen LogP contribution in [0.4, 0.5) is 4.79 Å². The lowest BCUT2D eigenvalue weighted by atomic mass is 10.2. The van der Waals surface area contributed by atoms with Gasteiger partial charge in [0.2, 0.25) is 0 Å². The minimum atomic E-state index is -0.558. The van der Waals surface area contributed by atoms with Crippen molar-refractivity contribution in [2.45, 2.75) is 46.1 Å². The lowest BCUT2D eigenvalue weighted by Crippen LogP contribution is -2.40.